The summed E-state index contributed by atoms with van der Waals surface area (Å²) >= 11 is 0. The minimum Gasteiger partial charge on any atom is -0.381 e. The molecule has 1 aromatic rings. The fraction of sp³-hybridized carbons (Fsp3) is 0.600. The van der Waals surface area contributed by atoms with Gasteiger partial charge in [-0.2, -0.15) is 0 Å². The van der Waals surface area contributed by atoms with Crippen molar-refractivity contribution in [2.75, 3.05) is 26.7 Å². The van der Waals surface area contributed by atoms with Gasteiger partial charge < -0.3 is 10.5 Å². The lowest BCUT2D eigenvalue weighted by molar-refractivity contribution is 0.0284. The number of benzene rings is 1. The summed E-state index contributed by atoms with van der Waals surface area (Å²) in [5, 5.41) is 0. The average Bonchev–Trinajstić information content (AvgIpc) is 2.46. The molecule has 1 unspecified atom stereocenters. The molecule has 0 saturated carbocycles. The first-order chi connectivity index (χ1) is 8.83. The van der Waals surface area contributed by atoms with Gasteiger partial charge in [0, 0.05) is 32.8 Å². The maximum absolute atomic E-state index is 5.95. The standard InChI is InChI=1S/C15H24N2O/c1-18-15-7-9-17(10-8-15)14(12-16)11-13-5-3-2-4-6-13/h2-6,14-15H,7-12,16H2,1H3. The van der Waals surface area contributed by atoms with Crippen LogP contribution in [0.2, 0.25) is 0 Å². The van der Waals surface area contributed by atoms with E-state index in [4.69, 9.17) is 10.5 Å². The number of hydrogen-bond acceptors (Lipinski definition) is 3. The van der Waals surface area contributed by atoms with Crippen molar-refractivity contribution in [3.63, 3.8) is 0 Å². The molecule has 1 atom stereocenters. The monoisotopic (exact) mass is 248 g/mol. The summed E-state index contributed by atoms with van der Waals surface area (Å²) in [5.74, 6) is 0. The summed E-state index contributed by atoms with van der Waals surface area (Å²) in [7, 11) is 1.81. The molecule has 1 aliphatic rings. The maximum atomic E-state index is 5.95. The van der Waals surface area contributed by atoms with Crippen LogP contribution < -0.4 is 5.73 Å². The van der Waals surface area contributed by atoms with Gasteiger partial charge in [-0.25, -0.2) is 0 Å². The third kappa shape index (κ3) is 3.55. The summed E-state index contributed by atoms with van der Waals surface area (Å²) in [6.45, 7) is 2.94. The minimum absolute atomic E-state index is 0.441. The van der Waals surface area contributed by atoms with Crippen molar-refractivity contribution in [3.8, 4) is 0 Å². The third-order valence-corrected chi connectivity index (χ3v) is 3.91. The van der Waals surface area contributed by atoms with Gasteiger partial charge in [-0.15, -0.1) is 0 Å². The molecule has 3 heteroatoms. The molecule has 1 fully saturated rings. The van der Waals surface area contributed by atoms with Crippen LogP contribution in [0.5, 0.6) is 0 Å². The molecule has 0 amide bonds. The van der Waals surface area contributed by atoms with Crippen LogP contribution in [0, 0.1) is 0 Å². The Kier molecular flexibility index (Phi) is 5.17. The summed E-state index contributed by atoms with van der Waals surface area (Å²) in [6, 6.07) is 11.1. The largest absolute Gasteiger partial charge is 0.381 e. The van der Waals surface area contributed by atoms with Crippen LogP contribution in [0.3, 0.4) is 0 Å². The highest BCUT2D eigenvalue weighted by molar-refractivity contribution is 5.16. The van der Waals surface area contributed by atoms with Crippen LogP contribution in [0.4, 0.5) is 0 Å². The first-order valence-corrected chi connectivity index (χ1v) is 6.84. The van der Waals surface area contributed by atoms with Gasteiger partial charge in [0.15, 0.2) is 0 Å². The molecular weight excluding hydrogens is 224 g/mol. The van der Waals surface area contributed by atoms with E-state index < -0.39 is 0 Å². The zero-order valence-corrected chi connectivity index (χ0v) is 11.2. The second-order valence-corrected chi connectivity index (χ2v) is 5.05. The van der Waals surface area contributed by atoms with Crippen LogP contribution in [-0.2, 0) is 11.2 Å². The van der Waals surface area contributed by atoms with Crippen molar-refractivity contribution in [3.05, 3.63) is 35.9 Å². The SMILES string of the molecule is COC1CCN(C(CN)Cc2ccccc2)CC1. The quantitative estimate of drug-likeness (QED) is 0.861. The molecule has 1 aliphatic heterocycles. The third-order valence-electron chi connectivity index (χ3n) is 3.91. The van der Waals surface area contributed by atoms with Crippen molar-refractivity contribution < 1.29 is 4.74 Å². The van der Waals surface area contributed by atoms with E-state index in [1.165, 1.54) is 5.56 Å². The van der Waals surface area contributed by atoms with Gasteiger partial charge in [0.25, 0.3) is 0 Å². The number of methoxy groups -OCH3 is 1. The molecule has 1 heterocycles. The number of ether oxygens (including phenoxy) is 1. The van der Waals surface area contributed by atoms with Crippen molar-refractivity contribution in [1.82, 2.24) is 4.90 Å². The second-order valence-electron chi connectivity index (χ2n) is 5.05. The number of piperidine rings is 1. The first kappa shape index (κ1) is 13.5. The van der Waals surface area contributed by atoms with Crippen LogP contribution in [0.15, 0.2) is 30.3 Å². The van der Waals surface area contributed by atoms with Gasteiger partial charge in [0.05, 0.1) is 6.10 Å². The van der Waals surface area contributed by atoms with E-state index in [1.54, 1.807) is 0 Å². The normalized spacial score (nSPS) is 19.9. The highest BCUT2D eigenvalue weighted by Gasteiger charge is 2.24. The van der Waals surface area contributed by atoms with E-state index in [0.717, 1.165) is 38.9 Å². The Morgan fingerprint density at radius 2 is 1.94 bits per heavy atom. The van der Waals surface area contributed by atoms with Gasteiger partial charge >= 0.3 is 0 Å². The van der Waals surface area contributed by atoms with Crippen LogP contribution in [0.1, 0.15) is 18.4 Å². The van der Waals surface area contributed by atoms with E-state index in [2.05, 4.69) is 35.2 Å². The predicted molar refractivity (Wildman–Crippen MR) is 74.6 cm³/mol. The van der Waals surface area contributed by atoms with E-state index in [9.17, 15) is 0 Å². The van der Waals surface area contributed by atoms with Crippen LogP contribution in [-0.4, -0.2) is 43.8 Å². The fourth-order valence-electron chi connectivity index (χ4n) is 2.72. The first-order valence-electron chi connectivity index (χ1n) is 6.84. The molecular formula is C15H24N2O. The summed E-state index contributed by atoms with van der Waals surface area (Å²) in [6.07, 6.45) is 3.75. The molecule has 100 valence electrons. The van der Waals surface area contributed by atoms with Crippen molar-refractivity contribution in [2.45, 2.75) is 31.4 Å². The molecule has 18 heavy (non-hydrogen) atoms. The maximum Gasteiger partial charge on any atom is 0.0595 e. The average molecular weight is 248 g/mol. The molecule has 0 bridgehead atoms. The number of likely N-dealkylation sites (tertiary alicyclic amines) is 1. The lowest BCUT2D eigenvalue weighted by atomic mass is 10.0. The van der Waals surface area contributed by atoms with Crippen LogP contribution in [0.25, 0.3) is 0 Å². The van der Waals surface area contributed by atoms with Gasteiger partial charge in [0.1, 0.15) is 0 Å². The molecule has 0 spiro atoms. The fourth-order valence-corrected chi connectivity index (χ4v) is 2.72. The van der Waals surface area contributed by atoms with E-state index in [-0.39, 0.29) is 0 Å². The molecule has 2 N–H and O–H groups in total. The molecule has 0 aliphatic carbocycles. The van der Waals surface area contributed by atoms with E-state index in [1.807, 2.05) is 7.11 Å². The Morgan fingerprint density at radius 3 is 2.50 bits per heavy atom. The summed E-state index contributed by atoms with van der Waals surface area (Å²) < 4.78 is 5.41. The van der Waals surface area contributed by atoms with E-state index in [0.29, 0.717) is 12.1 Å². The molecule has 0 radical (unpaired) electrons. The Balaban J connectivity index is 1.89. The highest BCUT2D eigenvalue weighted by atomic mass is 16.5. The lowest BCUT2D eigenvalue weighted by Gasteiger charge is -2.36. The predicted octanol–water partition coefficient (Wildman–Crippen LogP) is 1.67. The Labute approximate surface area is 110 Å². The van der Waals surface area contributed by atoms with Gasteiger partial charge in [-0.1, -0.05) is 30.3 Å². The summed E-state index contributed by atoms with van der Waals surface area (Å²) in [5.41, 5.74) is 7.32. The number of hydrogen-bond donors (Lipinski definition) is 1. The number of nitrogens with zero attached hydrogens (tertiary/aromatic N) is 1. The zero-order valence-electron chi connectivity index (χ0n) is 11.2. The lowest BCUT2D eigenvalue weighted by Crippen LogP contribution is -2.47. The zero-order chi connectivity index (χ0) is 12.8. The topological polar surface area (TPSA) is 38.5 Å². The Bertz CT molecular complexity index is 334. The number of nitrogens with two attached hydrogens (primary N) is 1. The molecule has 3 nitrogen and oxygen atoms in total. The molecule has 2 rings (SSSR count). The molecule has 1 aromatic carbocycles. The molecule has 0 aromatic heterocycles. The van der Waals surface area contributed by atoms with Gasteiger partial charge in [-0.05, 0) is 24.8 Å². The second kappa shape index (κ2) is 6.88. The summed E-state index contributed by atoms with van der Waals surface area (Å²) in [4.78, 5) is 2.52. The van der Waals surface area contributed by atoms with Crippen molar-refractivity contribution in [2.24, 2.45) is 5.73 Å². The smallest absolute Gasteiger partial charge is 0.0595 e. The Morgan fingerprint density at radius 1 is 1.28 bits per heavy atom. The Hall–Kier alpha value is -0.900. The van der Waals surface area contributed by atoms with E-state index >= 15 is 0 Å². The van der Waals surface area contributed by atoms with Gasteiger partial charge in [-0.3, -0.25) is 4.90 Å². The highest BCUT2D eigenvalue weighted by Crippen LogP contribution is 2.17. The minimum atomic E-state index is 0.441. The van der Waals surface area contributed by atoms with Crippen LogP contribution >= 0.6 is 0 Å². The van der Waals surface area contributed by atoms with Crippen molar-refractivity contribution in [1.29, 1.82) is 0 Å². The molecule has 1 saturated heterocycles. The van der Waals surface area contributed by atoms with Crippen molar-refractivity contribution >= 4 is 0 Å². The van der Waals surface area contributed by atoms with Gasteiger partial charge in [0.2, 0.25) is 0 Å². The number of rotatable bonds is 5.